The van der Waals surface area contributed by atoms with Crippen LogP contribution in [0.15, 0.2) is 64.3 Å². The Hall–Kier alpha value is -4.06. The first-order chi connectivity index (χ1) is 15.9. The second-order valence-electron chi connectivity index (χ2n) is 6.38. The van der Waals surface area contributed by atoms with Crippen LogP contribution < -0.4 is 20.2 Å². The molecule has 0 spiro atoms. The molecule has 0 aliphatic carbocycles. The van der Waals surface area contributed by atoms with E-state index in [-0.39, 0.29) is 23.9 Å². The summed E-state index contributed by atoms with van der Waals surface area (Å²) in [5, 5.41) is 17.6. The maximum Gasteiger partial charge on any atom is 0.313 e. The highest BCUT2D eigenvalue weighted by Crippen LogP contribution is 2.36. The third kappa shape index (κ3) is 6.46. The van der Waals surface area contributed by atoms with Crippen molar-refractivity contribution in [1.29, 1.82) is 0 Å². The van der Waals surface area contributed by atoms with Crippen molar-refractivity contribution < 1.29 is 23.6 Å². The van der Waals surface area contributed by atoms with E-state index < -0.39 is 16.6 Å². The number of ether oxygens (including phenoxy) is 2. The smallest absolute Gasteiger partial charge is 0.313 e. The number of carbonyl (C=O) groups excluding carboxylic acids is 1. The molecule has 1 heterocycles. The molecule has 3 rings (SSSR count). The number of halogens is 2. The number of rotatable bonds is 9. The zero-order valence-corrected chi connectivity index (χ0v) is 18.7. The largest absolute Gasteiger partial charge is 0.493 e. The van der Waals surface area contributed by atoms with Crippen LogP contribution in [0.2, 0.25) is 0 Å². The van der Waals surface area contributed by atoms with Gasteiger partial charge in [-0.1, -0.05) is 0 Å². The van der Waals surface area contributed by atoms with Crippen LogP contribution in [0.3, 0.4) is 0 Å². The Morgan fingerprint density at radius 2 is 2.06 bits per heavy atom. The Labute approximate surface area is 195 Å². The first-order valence-corrected chi connectivity index (χ1v) is 10.1. The van der Waals surface area contributed by atoms with Gasteiger partial charge >= 0.3 is 5.69 Å². The number of carbonyl (C=O) groups is 1. The molecule has 0 unspecified atom stereocenters. The van der Waals surface area contributed by atoms with Crippen LogP contribution in [-0.4, -0.2) is 35.7 Å². The highest BCUT2D eigenvalue weighted by atomic mass is 79.9. The van der Waals surface area contributed by atoms with Crippen molar-refractivity contribution in [3.63, 3.8) is 0 Å². The van der Waals surface area contributed by atoms with E-state index in [1.165, 1.54) is 55.9 Å². The fourth-order valence-corrected chi connectivity index (χ4v) is 3.19. The summed E-state index contributed by atoms with van der Waals surface area (Å²) in [4.78, 5) is 26.5. The van der Waals surface area contributed by atoms with E-state index in [1.807, 2.05) is 0 Å². The van der Waals surface area contributed by atoms with Gasteiger partial charge in [-0.2, -0.15) is 5.10 Å². The summed E-state index contributed by atoms with van der Waals surface area (Å²) in [7, 11) is 1.43. The second-order valence-corrected chi connectivity index (χ2v) is 7.23. The number of benzene rings is 2. The molecule has 2 aromatic carbocycles. The average Bonchev–Trinajstić information content (AvgIpc) is 2.79. The molecule has 0 radical (unpaired) electrons. The van der Waals surface area contributed by atoms with Crippen LogP contribution in [0, 0.1) is 15.9 Å². The molecular formula is C21H17BrFN5O5. The van der Waals surface area contributed by atoms with E-state index in [0.29, 0.717) is 21.5 Å². The highest BCUT2D eigenvalue weighted by Gasteiger charge is 2.15. The minimum Gasteiger partial charge on any atom is -0.493 e. The van der Waals surface area contributed by atoms with E-state index in [0.717, 1.165) is 0 Å². The van der Waals surface area contributed by atoms with Crippen molar-refractivity contribution in [2.75, 3.05) is 24.5 Å². The molecular weight excluding hydrogens is 501 g/mol. The second kappa shape index (κ2) is 11.0. The van der Waals surface area contributed by atoms with E-state index in [2.05, 4.69) is 36.8 Å². The van der Waals surface area contributed by atoms with Gasteiger partial charge in [-0.15, -0.1) is 0 Å². The van der Waals surface area contributed by atoms with Crippen LogP contribution in [0.4, 0.5) is 21.6 Å². The first kappa shape index (κ1) is 23.6. The van der Waals surface area contributed by atoms with Crippen LogP contribution in [0.5, 0.6) is 11.5 Å². The predicted octanol–water partition coefficient (Wildman–Crippen LogP) is 4.36. The lowest BCUT2D eigenvalue weighted by Crippen LogP contribution is -2.20. The average molecular weight is 518 g/mol. The fraction of sp³-hybridized carbons (Fsp3) is 0.0952. The van der Waals surface area contributed by atoms with Crippen LogP contribution in [0.25, 0.3) is 0 Å². The molecule has 170 valence electrons. The van der Waals surface area contributed by atoms with E-state index in [4.69, 9.17) is 9.47 Å². The Morgan fingerprint density at radius 3 is 2.76 bits per heavy atom. The molecule has 0 fully saturated rings. The quantitative estimate of drug-likeness (QED) is 0.245. The van der Waals surface area contributed by atoms with Gasteiger partial charge in [0.25, 0.3) is 5.91 Å². The maximum atomic E-state index is 13.0. The standard InChI is InChI=1S/C21H17BrFN5O5/c1-32-18-10-13(11-25-27-21-17(28(30)31)3-2-8-24-21)9-16(22)20(18)33-12-19(29)26-15-6-4-14(23)5-7-15/h2-11H,12H2,1H3,(H,24,27)(H,26,29)/b25-11-. The van der Waals surface area contributed by atoms with Gasteiger partial charge in [-0.05, 0) is 64.0 Å². The van der Waals surface area contributed by atoms with Gasteiger partial charge < -0.3 is 14.8 Å². The van der Waals surface area contributed by atoms with Crippen molar-refractivity contribution >= 4 is 45.2 Å². The Bertz CT molecular complexity index is 1190. The van der Waals surface area contributed by atoms with Gasteiger partial charge in [0.05, 0.1) is 22.7 Å². The summed E-state index contributed by atoms with van der Waals surface area (Å²) in [6, 6.07) is 11.4. The molecule has 1 aromatic heterocycles. The number of nitrogens with zero attached hydrogens (tertiary/aromatic N) is 3. The first-order valence-electron chi connectivity index (χ1n) is 9.31. The number of hydrogen-bond donors (Lipinski definition) is 2. The number of methoxy groups -OCH3 is 1. The fourth-order valence-electron chi connectivity index (χ4n) is 2.62. The Balaban J connectivity index is 1.66. The number of pyridine rings is 1. The van der Waals surface area contributed by atoms with Crippen molar-refractivity contribution in [2.24, 2.45) is 5.10 Å². The topological polar surface area (TPSA) is 128 Å². The number of anilines is 2. The number of nitro groups is 1. The van der Waals surface area contributed by atoms with Gasteiger partial charge in [-0.25, -0.2) is 9.37 Å². The number of aromatic nitrogens is 1. The molecule has 0 bridgehead atoms. The zero-order valence-electron chi connectivity index (χ0n) is 17.1. The molecule has 0 atom stereocenters. The normalized spacial score (nSPS) is 10.6. The lowest BCUT2D eigenvalue weighted by Gasteiger charge is -2.13. The molecule has 0 saturated heterocycles. The number of hydrogen-bond acceptors (Lipinski definition) is 8. The van der Waals surface area contributed by atoms with E-state index in [9.17, 15) is 19.3 Å². The molecule has 33 heavy (non-hydrogen) atoms. The van der Waals surface area contributed by atoms with E-state index >= 15 is 0 Å². The highest BCUT2D eigenvalue weighted by molar-refractivity contribution is 9.10. The van der Waals surface area contributed by atoms with Gasteiger partial charge in [0.2, 0.25) is 5.82 Å². The van der Waals surface area contributed by atoms with E-state index in [1.54, 1.807) is 12.1 Å². The molecule has 1 amide bonds. The molecule has 12 heteroatoms. The van der Waals surface area contributed by atoms with Crippen molar-refractivity contribution in [3.8, 4) is 11.5 Å². The van der Waals surface area contributed by atoms with Gasteiger partial charge in [0, 0.05) is 18.0 Å². The van der Waals surface area contributed by atoms with Crippen molar-refractivity contribution in [1.82, 2.24) is 4.98 Å². The molecule has 0 aliphatic heterocycles. The minimum atomic E-state index is -0.567. The SMILES string of the molecule is COc1cc(/C=N\Nc2ncccc2[N+](=O)[O-])cc(Br)c1OCC(=O)Nc1ccc(F)cc1. The van der Waals surface area contributed by atoms with Crippen LogP contribution >= 0.6 is 15.9 Å². The molecule has 2 N–H and O–H groups in total. The predicted molar refractivity (Wildman–Crippen MR) is 123 cm³/mol. The monoisotopic (exact) mass is 517 g/mol. The summed E-state index contributed by atoms with van der Waals surface area (Å²) in [5.74, 6) is -0.240. The molecule has 3 aromatic rings. The lowest BCUT2D eigenvalue weighted by atomic mass is 10.2. The number of hydrazone groups is 1. The van der Waals surface area contributed by atoms with Crippen molar-refractivity contribution in [3.05, 3.63) is 80.7 Å². The summed E-state index contributed by atoms with van der Waals surface area (Å²) < 4.78 is 24.4. The third-order valence-electron chi connectivity index (χ3n) is 4.09. The Kier molecular flexibility index (Phi) is 7.86. The summed E-state index contributed by atoms with van der Waals surface area (Å²) in [5.41, 5.74) is 3.33. The zero-order chi connectivity index (χ0) is 23.8. The lowest BCUT2D eigenvalue weighted by molar-refractivity contribution is -0.384. The molecule has 0 saturated carbocycles. The third-order valence-corrected chi connectivity index (χ3v) is 4.68. The molecule has 10 nitrogen and oxygen atoms in total. The summed E-state index contributed by atoms with van der Waals surface area (Å²) in [6.07, 6.45) is 2.82. The number of nitrogens with one attached hydrogen (secondary N) is 2. The maximum absolute atomic E-state index is 13.0. The van der Waals surface area contributed by atoms with Gasteiger partial charge in [-0.3, -0.25) is 20.3 Å². The van der Waals surface area contributed by atoms with Crippen LogP contribution in [0.1, 0.15) is 5.56 Å². The Morgan fingerprint density at radius 1 is 1.30 bits per heavy atom. The minimum absolute atomic E-state index is 0.00287. The summed E-state index contributed by atoms with van der Waals surface area (Å²) in [6.45, 7) is -0.315. The molecule has 0 aliphatic rings. The van der Waals surface area contributed by atoms with Gasteiger partial charge in [0.1, 0.15) is 5.82 Å². The van der Waals surface area contributed by atoms with Crippen molar-refractivity contribution in [2.45, 2.75) is 0 Å². The summed E-state index contributed by atoms with van der Waals surface area (Å²) >= 11 is 3.37. The number of amides is 1. The van der Waals surface area contributed by atoms with Crippen LogP contribution in [-0.2, 0) is 4.79 Å². The van der Waals surface area contributed by atoms with Gasteiger partial charge in [0.15, 0.2) is 18.1 Å².